The molecule has 0 aromatic heterocycles. The van der Waals surface area contributed by atoms with E-state index in [4.69, 9.17) is 4.74 Å². The molecule has 1 saturated heterocycles. The Bertz CT molecular complexity index is 227. The fourth-order valence-electron chi connectivity index (χ4n) is 1.02. The van der Waals surface area contributed by atoms with Crippen LogP contribution in [0.3, 0.4) is 0 Å². The zero-order valence-corrected chi connectivity index (χ0v) is 8.38. The summed E-state index contributed by atoms with van der Waals surface area (Å²) in [7, 11) is 1.25. The lowest BCUT2D eigenvalue weighted by Gasteiger charge is -2.18. The van der Waals surface area contributed by atoms with Gasteiger partial charge in [0.25, 0.3) is 0 Å². The van der Waals surface area contributed by atoms with Crippen LogP contribution in [0.25, 0.3) is 0 Å². The number of ether oxygens (including phenoxy) is 2. The molecular formula is C7H9BrO4. The fraction of sp³-hybridized carbons (Fsp3) is 0.714. The fourth-order valence-corrected chi connectivity index (χ4v) is 1.52. The van der Waals surface area contributed by atoms with E-state index in [1.54, 1.807) is 0 Å². The highest BCUT2D eigenvalue weighted by Gasteiger charge is 2.54. The SMILES string of the molecule is COC(=O)[C@]1(C)C(=O)OC[C@@H]1Br. The first-order valence-electron chi connectivity index (χ1n) is 3.43. The number of esters is 2. The number of rotatable bonds is 1. The van der Waals surface area contributed by atoms with Crippen LogP contribution in [-0.2, 0) is 19.1 Å². The van der Waals surface area contributed by atoms with Crippen molar-refractivity contribution in [2.45, 2.75) is 11.8 Å². The lowest BCUT2D eigenvalue weighted by molar-refractivity contribution is -0.161. The summed E-state index contributed by atoms with van der Waals surface area (Å²) in [6.45, 7) is 1.72. The standard InChI is InChI=1S/C7H9BrO4/c1-7(5(9)11-2)4(8)3-12-6(7)10/h4H,3H2,1-2H3/t4-,7+/m0/s1. The molecule has 0 aromatic rings. The molecular weight excluding hydrogens is 228 g/mol. The van der Waals surface area contributed by atoms with Gasteiger partial charge in [-0.15, -0.1) is 0 Å². The molecule has 0 N–H and O–H groups in total. The minimum absolute atomic E-state index is 0.213. The van der Waals surface area contributed by atoms with Gasteiger partial charge in [0.2, 0.25) is 0 Å². The summed E-state index contributed by atoms with van der Waals surface area (Å²) in [5.74, 6) is -1.09. The summed E-state index contributed by atoms with van der Waals surface area (Å²) < 4.78 is 9.23. The van der Waals surface area contributed by atoms with Gasteiger partial charge in [-0.1, -0.05) is 15.9 Å². The molecule has 1 aliphatic rings. The zero-order chi connectivity index (χ0) is 9.35. The van der Waals surface area contributed by atoms with Crippen LogP contribution in [0.2, 0.25) is 0 Å². The summed E-state index contributed by atoms with van der Waals surface area (Å²) >= 11 is 3.20. The Balaban J connectivity index is 2.94. The Labute approximate surface area is 78.3 Å². The molecule has 68 valence electrons. The van der Waals surface area contributed by atoms with Crippen LogP contribution in [-0.4, -0.2) is 30.5 Å². The highest BCUT2D eigenvalue weighted by atomic mass is 79.9. The van der Waals surface area contributed by atoms with Crippen molar-refractivity contribution in [2.75, 3.05) is 13.7 Å². The molecule has 2 atom stereocenters. The average Bonchev–Trinajstić information content (AvgIpc) is 2.32. The summed E-state index contributed by atoms with van der Waals surface area (Å²) in [4.78, 5) is 22.1. The molecule has 0 saturated carbocycles. The van der Waals surface area contributed by atoms with Crippen molar-refractivity contribution in [3.8, 4) is 0 Å². The smallest absolute Gasteiger partial charge is 0.324 e. The van der Waals surface area contributed by atoms with E-state index in [0.29, 0.717) is 0 Å². The second-order valence-corrected chi connectivity index (χ2v) is 3.87. The van der Waals surface area contributed by atoms with Crippen LogP contribution in [0.4, 0.5) is 0 Å². The van der Waals surface area contributed by atoms with Crippen LogP contribution < -0.4 is 0 Å². The van der Waals surface area contributed by atoms with E-state index in [9.17, 15) is 9.59 Å². The highest BCUT2D eigenvalue weighted by Crippen LogP contribution is 2.36. The Morgan fingerprint density at radius 2 is 2.42 bits per heavy atom. The van der Waals surface area contributed by atoms with Crippen molar-refractivity contribution in [2.24, 2.45) is 5.41 Å². The van der Waals surface area contributed by atoms with Gasteiger partial charge in [0.15, 0.2) is 5.41 Å². The first kappa shape index (κ1) is 9.51. The van der Waals surface area contributed by atoms with Crippen LogP contribution in [0.1, 0.15) is 6.92 Å². The summed E-state index contributed by atoms with van der Waals surface area (Å²) in [6, 6.07) is 0. The third-order valence-corrected chi connectivity index (χ3v) is 3.20. The molecule has 1 fully saturated rings. The van der Waals surface area contributed by atoms with Crippen molar-refractivity contribution in [1.82, 2.24) is 0 Å². The number of alkyl halides is 1. The largest absolute Gasteiger partial charge is 0.468 e. The molecule has 0 amide bonds. The second kappa shape index (κ2) is 3.05. The lowest BCUT2D eigenvalue weighted by atomic mass is 9.89. The lowest BCUT2D eigenvalue weighted by Crippen LogP contribution is -2.39. The van der Waals surface area contributed by atoms with E-state index in [1.807, 2.05) is 0 Å². The van der Waals surface area contributed by atoms with Crippen LogP contribution >= 0.6 is 15.9 Å². The van der Waals surface area contributed by atoms with Crippen molar-refractivity contribution in [3.05, 3.63) is 0 Å². The predicted molar refractivity (Wildman–Crippen MR) is 43.8 cm³/mol. The Morgan fingerprint density at radius 3 is 2.75 bits per heavy atom. The third kappa shape index (κ3) is 1.12. The number of carbonyl (C=O) groups excluding carboxylic acids is 2. The van der Waals surface area contributed by atoms with Gasteiger partial charge in [0.1, 0.15) is 6.61 Å². The number of halogens is 1. The Kier molecular flexibility index (Phi) is 2.41. The predicted octanol–water partition coefficient (Wildman–Crippen LogP) is 0.486. The summed E-state index contributed by atoms with van der Waals surface area (Å²) in [5.41, 5.74) is -1.19. The molecule has 4 nitrogen and oxygen atoms in total. The molecule has 1 heterocycles. The van der Waals surface area contributed by atoms with Crippen LogP contribution in [0.15, 0.2) is 0 Å². The summed E-state index contributed by atoms with van der Waals surface area (Å²) in [5, 5.41) is 0. The van der Waals surface area contributed by atoms with Crippen LogP contribution in [0, 0.1) is 5.41 Å². The monoisotopic (exact) mass is 236 g/mol. The minimum atomic E-state index is -1.19. The number of methoxy groups -OCH3 is 1. The molecule has 1 aliphatic heterocycles. The average molecular weight is 237 g/mol. The molecule has 5 heteroatoms. The van der Waals surface area contributed by atoms with E-state index in [1.165, 1.54) is 14.0 Å². The van der Waals surface area contributed by atoms with Gasteiger partial charge in [0.05, 0.1) is 11.9 Å². The summed E-state index contributed by atoms with van der Waals surface area (Å²) in [6.07, 6.45) is 0. The molecule has 0 spiro atoms. The van der Waals surface area contributed by atoms with Crippen LogP contribution in [0.5, 0.6) is 0 Å². The molecule has 0 radical (unpaired) electrons. The number of carbonyl (C=O) groups is 2. The maximum atomic E-state index is 11.2. The Morgan fingerprint density at radius 1 is 1.83 bits per heavy atom. The van der Waals surface area contributed by atoms with Gasteiger partial charge in [-0.05, 0) is 6.92 Å². The third-order valence-electron chi connectivity index (χ3n) is 2.02. The quantitative estimate of drug-likeness (QED) is 0.378. The van der Waals surface area contributed by atoms with Gasteiger partial charge >= 0.3 is 11.9 Å². The first-order valence-corrected chi connectivity index (χ1v) is 4.34. The van der Waals surface area contributed by atoms with Gasteiger partial charge in [0, 0.05) is 0 Å². The van der Waals surface area contributed by atoms with E-state index < -0.39 is 17.4 Å². The normalized spacial score (nSPS) is 34.6. The molecule has 12 heavy (non-hydrogen) atoms. The molecule has 1 rings (SSSR count). The number of cyclic esters (lactones) is 1. The maximum Gasteiger partial charge on any atom is 0.324 e. The van der Waals surface area contributed by atoms with E-state index in [-0.39, 0.29) is 11.4 Å². The number of hydrogen-bond acceptors (Lipinski definition) is 4. The van der Waals surface area contributed by atoms with Crippen molar-refractivity contribution >= 4 is 27.9 Å². The van der Waals surface area contributed by atoms with Crippen molar-refractivity contribution in [1.29, 1.82) is 0 Å². The van der Waals surface area contributed by atoms with E-state index >= 15 is 0 Å². The van der Waals surface area contributed by atoms with E-state index in [2.05, 4.69) is 20.7 Å². The van der Waals surface area contributed by atoms with Gasteiger partial charge in [-0.2, -0.15) is 0 Å². The van der Waals surface area contributed by atoms with Crippen molar-refractivity contribution in [3.63, 3.8) is 0 Å². The molecule has 0 aromatic carbocycles. The second-order valence-electron chi connectivity index (χ2n) is 2.76. The van der Waals surface area contributed by atoms with Crippen molar-refractivity contribution < 1.29 is 19.1 Å². The zero-order valence-electron chi connectivity index (χ0n) is 6.80. The number of hydrogen-bond donors (Lipinski definition) is 0. The minimum Gasteiger partial charge on any atom is -0.468 e. The Hall–Kier alpha value is -0.580. The van der Waals surface area contributed by atoms with E-state index in [0.717, 1.165) is 0 Å². The topological polar surface area (TPSA) is 52.6 Å². The van der Waals surface area contributed by atoms with Gasteiger partial charge in [-0.25, -0.2) is 0 Å². The van der Waals surface area contributed by atoms with Gasteiger partial charge in [-0.3, -0.25) is 9.59 Å². The highest BCUT2D eigenvalue weighted by molar-refractivity contribution is 9.09. The molecule has 0 aliphatic carbocycles. The maximum absolute atomic E-state index is 11.2. The van der Waals surface area contributed by atoms with Gasteiger partial charge < -0.3 is 9.47 Å². The molecule has 0 unspecified atom stereocenters. The first-order chi connectivity index (χ1) is 5.53. The molecule has 0 bridgehead atoms.